The summed E-state index contributed by atoms with van der Waals surface area (Å²) in [6.07, 6.45) is 1.69. The first-order chi connectivity index (χ1) is 7.18. The fourth-order valence-electron chi connectivity index (χ4n) is 1.91. The van der Waals surface area contributed by atoms with Crippen LogP contribution in [0.15, 0.2) is 22.7 Å². The number of nitrogens with one attached hydrogen (secondary N) is 1. The summed E-state index contributed by atoms with van der Waals surface area (Å²) in [7, 11) is 0. The van der Waals surface area contributed by atoms with E-state index in [1.165, 1.54) is 0 Å². The molecule has 2 rings (SSSR count). The first-order valence-corrected chi connectivity index (χ1v) is 6.22. The first-order valence-electron chi connectivity index (χ1n) is 5.05. The molecule has 1 aliphatic heterocycles. The molecule has 82 valence electrons. The van der Waals surface area contributed by atoms with Gasteiger partial charge in [0.15, 0.2) is 0 Å². The van der Waals surface area contributed by atoms with Crippen LogP contribution in [0.5, 0.6) is 0 Å². The summed E-state index contributed by atoms with van der Waals surface area (Å²) in [5.41, 5.74) is 0.877. The van der Waals surface area contributed by atoms with E-state index in [1.54, 1.807) is 0 Å². The highest BCUT2D eigenvalue weighted by molar-refractivity contribution is 9.10. The largest absolute Gasteiger partial charge is 0.387 e. The quantitative estimate of drug-likeness (QED) is 0.878. The van der Waals surface area contributed by atoms with Gasteiger partial charge in [-0.05, 0) is 53.0 Å². The zero-order valence-corrected chi connectivity index (χ0v) is 10.6. The second-order valence-corrected chi connectivity index (χ2v) is 5.08. The van der Waals surface area contributed by atoms with Gasteiger partial charge in [-0.25, -0.2) is 0 Å². The summed E-state index contributed by atoms with van der Waals surface area (Å²) in [5.74, 6) is 0. The summed E-state index contributed by atoms with van der Waals surface area (Å²) < 4.78 is 0.861. The topological polar surface area (TPSA) is 32.3 Å². The second kappa shape index (κ2) is 4.83. The molecule has 1 saturated heterocycles. The minimum atomic E-state index is -0.460. The van der Waals surface area contributed by atoms with Crippen molar-refractivity contribution in [1.29, 1.82) is 0 Å². The number of hydrogen-bond acceptors (Lipinski definition) is 2. The van der Waals surface area contributed by atoms with Crippen molar-refractivity contribution in [2.45, 2.75) is 25.0 Å². The fraction of sp³-hybridized carbons (Fsp3) is 0.455. The number of aliphatic hydroxyl groups is 1. The van der Waals surface area contributed by atoms with Gasteiger partial charge in [0.05, 0.1) is 11.1 Å². The van der Waals surface area contributed by atoms with Gasteiger partial charge in [-0.15, -0.1) is 0 Å². The van der Waals surface area contributed by atoms with E-state index in [4.69, 9.17) is 11.6 Å². The monoisotopic (exact) mass is 289 g/mol. The van der Waals surface area contributed by atoms with Crippen molar-refractivity contribution in [3.63, 3.8) is 0 Å². The Morgan fingerprint density at radius 2 is 2.33 bits per heavy atom. The van der Waals surface area contributed by atoms with Gasteiger partial charge in [0.2, 0.25) is 0 Å². The number of benzene rings is 1. The summed E-state index contributed by atoms with van der Waals surface area (Å²) >= 11 is 9.32. The Morgan fingerprint density at radius 3 is 2.93 bits per heavy atom. The molecule has 2 nitrogen and oxygen atoms in total. The van der Waals surface area contributed by atoms with Crippen LogP contribution >= 0.6 is 27.5 Å². The molecule has 0 saturated carbocycles. The number of hydrogen-bond donors (Lipinski definition) is 2. The van der Waals surface area contributed by atoms with E-state index in [0.717, 1.165) is 29.4 Å². The molecule has 1 heterocycles. The summed E-state index contributed by atoms with van der Waals surface area (Å²) in [4.78, 5) is 0. The Hall–Kier alpha value is -0.0900. The lowest BCUT2D eigenvalue weighted by molar-refractivity contribution is 0.137. The van der Waals surface area contributed by atoms with Gasteiger partial charge in [0.25, 0.3) is 0 Å². The number of rotatable bonds is 2. The summed E-state index contributed by atoms with van der Waals surface area (Å²) in [6, 6.07) is 5.76. The Bertz CT molecular complexity index is 352. The Morgan fingerprint density at radius 1 is 1.53 bits per heavy atom. The number of halogens is 2. The van der Waals surface area contributed by atoms with Crippen LogP contribution in [-0.2, 0) is 0 Å². The zero-order chi connectivity index (χ0) is 10.8. The number of aliphatic hydroxyl groups excluding tert-OH is 1. The van der Waals surface area contributed by atoms with E-state index >= 15 is 0 Å². The molecule has 1 fully saturated rings. The molecule has 0 radical (unpaired) electrons. The maximum absolute atomic E-state index is 10.1. The molecule has 1 aromatic rings. The van der Waals surface area contributed by atoms with Crippen molar-refractivity contribution in [1.82, 2.24) is 5.32 Å². The molecule has 0 aliphatic carbocycles. The molecule has 1 aromatic carbocycles. The van der Waals surface area contributed by atoms with Crippen LogP contribution < -0.4 is 5.32 Å². The Balaban J connectivity index is 2.17. The van der Waals surface area contributed by atoms with E-state index in [2.05, 4.69) is 21.2 Å². The van der Waals surface area contributed by atoms with E-state index in [1.807, 2.05) is 18.2 Å². The molecule has 15 heavy (non-hydrogen) atoms. The third-order valence-corrected chi connectivity index (χ3v) is 4.00. The highest BCUT2D eigenvalue weighted by atomic mass is 79.9. The van der Waals surface area contributed by atoms with Gasteiger partial charge in [-0.1, -0.05) is 17.7 Å². The third-order valence-electron chi connectivity index (χ3n) is 2.76. The van der Waals surface area contributed by atoms with Gasteiger partial charge >= 0.3 is 0 Å². The van der Waals surface area contributed by atoms with Crippen LogP contribution in [0.4, 0.5) is 0 Å². The predicted molar refractivity (Wildman–Crippen MR) is 65.1 cm³/mol. The SMILES string of the molecule is OC(c1ccc(Br)c(Cl)c1)C1CCCN1. The fourth-order valence-corrected chi connectivity index (χ4v) is 2.35. The maximum atomic E-state index is 10.1. The van der Waals surface area contributed by atoms with Crippen LogP contribution in [0.1, 0.15) is 24.5 Å². The van der Waals surface area contributed by atoms with E-state index in [-0.39, 0.29) is 6.04 Å². The van der Waals surface area contributed by atoms with Crippen molar-refractivity contribution in [3.8, 4) is 0 Å². The molecule has 0 spiro atoms. The van der Waals surface area contributed by atoms with Crippen molar-refractivity contribution >= 4 is 27.5 Å². The van der Waals surface area contributed by atoms with Crippen LogP contribution in [0.25, 0.3) is 0 Å². The van der Waals surface area contributed by atoms with Gasteiger partial charge < -0.3 is 10.4 Å². The van der Waals surface area contributed by atoms with Gasteiger partial charge in [-0.3, -0.25) is 0 Å². The van der Waals surface area contributed by atoms with Crippen molar-refractivity contribution in [3.05, 3.63) is 33.3 Å². The molecular formula is C11H13BrClNO. The molecule has 2 atom stereocenters. The average Bonchev–Trinajstić information content (AvgIpc) is 2.74. The lowest BCUT2D eigenvalue weighted by Crippen LogP contribution is -2.28. The van der Waals surface area contributed by atoms with Crippen molar-refractivity contribution in [2.24, 2.45) is 0 Å². The van der Waals surface area contributed by atoms with Gasteiger partial charge in [0, 0.05) is 10.5 Å². The molecule has 0 amide bonds. The standard InChI is InChI=1S/C11H13BrClNO/c12-8-4-3-7(6-9(8)13)11(15)10-2-1-5-14-10/h3-4,6,10-11,14-15H,1-2,5H2. The van der Waals surface area contributed by atoms with E-state index < -0.39 is 6.10 Å². The zero-order valence-electron chi connectivity index (χ0n) is 8.21. The third kappa shape index (κ3) is 2.53. The van der Waals surface area contributed by atoms with Crippen molar-refractivity contribution in [2.75, 3.05) is 6.54 Å². The second-order valence-electron chi connectivity index (χ2n) is 3.82. The lowest BCUT2D eigenvalue weighted by Gasteiger charge is -2.18. The lowest BCUT2D eigenvalue weighted by atomic mass is 10.0. The molecule has 1 aliphatic rings. The highest BCUT2D eigenvalue weighted by Gasteiger charge is 2.24. The summed E-state index contributed by atoms with van der Waals surface area (Å²) in [5, 5.41) is 14.0. The Labute approximate surface area is 103 Å². The molecular weight excluding hydrogens is 277 g/mol. The van der Waals surface area contributed by atoms with Crippen LogP contribution in [0.2, 0.25) is 5.02 Å². The Kier molecular flexibility index (Phi) is 3.67. The van der Waals surface area contributed by atoms with Crippen LogP contribution in [0.3, 0.4) is 0 Å². The average molecular weight is 291 g/mol. The first kappa shape index (κ1) is 11.4. The predicted octanol–water partition coefficient (Wildman–Crippen LogP) is 2.89. The van der Waals surface area contributed by atoms with Gasteiger partial charge in [-0.2, -0.15) is 0 Å². The van der Waals surface area contributed by atoms with Crippen LogP contribution in [0, 0.1) is 0 Å². The van der Waals surface area contributed by atoms with E-state index in [9.17, 15) is 5.11 Å². The van der Waals surface area contributed by atoms with E-state index in [0.29, 0.717) is 5.02 Å². The smallest absolute Gasteiger partial charge is 0.0943 e. The molecule has 4 heteroatoms. The van der Waals surface area contributed by atoms with Crippen LogP contribution in [-0.4, -0.2) is 17.7 Å². The molecule has 0 aromatic heterocycles. The maximum Gasteiger partial charge on any atom is 0.0943 e. The minimum absolute atomic E-state index is 0.169. The normalized spacial score (nSPS) is 23.0. The molecule has 0 bridgehead atoms. The summed E-state index contributed by atoms with van der Waals surface area (Å²) in [6.45, 7) is 0.992. The van der Waals surface area contributed by atoms with Crippen molar-refractivity contribution < 1.29 is 5.11 Å². The highest BCUT2D eigenvalue weighted by Crippen LogP contribution is 2.29. The minimum Gasteiger partial charge on any atom is -0.387 e. The van der Waals surface area contributed by atoms with Gasteiger partial charge in [0.1, 0.15) is 0 Å². The molecule has 2 unspecified atom stereocenters. The molecule has 2 N–H and O–H groups in total.